The van der Waals surface area contributed by atoms with Crippen LogP contribution >= 0.6 is 0 Å². The zero-order chi connectivity index (χ0) is 68.2. The van der Waals surface area contributed by atoms with E-state index in [4.69, 9.17) is 9.47 Å². The van der Waals surface area contributed by atoms with E-state index in [9.17, 15) is 33.9 Å². The van der Waals surface area contributed by atoms with Gasteiger partial charge in [-0.05, 0) is 129 Å². The molecule has 12 bridgehead atoms. The van der Waals surface area contributed by atoms with Crippen molar-refractivity contribution in [3.8, 4) is 5.75 Å². The van der Waals surface area contributed by atoms with Crippen molar-refractivity contribution in [2.75, 3.05) is 39.9 Å². The number of nitrogens with zero attached hydrogens (tertiary/aromatic N) is 4. The van der Waals surface area contributed by atoms with Gasteiger partial charge < -0.3 is 71.1 Å². The van der Waals surface area contributed by atoms with E-state index in [1.54, 1.807) is 72.6 Å². The second-order valence-corrected chi connectivity index (χ2v) is 26.2. The molecule has 0 spiro atoms. The summed E-state index contributed by atoms with van der Waals surface area (Å²) in [6.45, 7) is 5.16. The number of aliphatic hydroxyl groups is 1. The lowest BCUT2D eigenvalue weighted by Gasteiger charge is -2.37. The lowest BCUT2D eigenvalue weighted by atomic mass is 9.95. The van der Waals surface area contributed by atoms with Crippen LogP contribution in [-0.2, 0) is 98.0 Å². The number of carbonyl (C=O) groups is 10. The average molecular weight is 1320 g/mol. The van der Waals surface area contributed by atoms with Crippen molar-refractivity contribution in [2.45, 2.75) is 184 Å². The fourth-order valence-electron chi connectivity index (χ4n) is 13.7. The van der Waals surface area contributed by atoms with Crippen molar-refractivity contribution in [3.63, 3.8) is 0 Å². The highest BCUT2D eigenvalue weighted by atomic mass is 19.1. The van der Waals surface area contributed by atoms with E-state index in [1.165, 1.54) is 42.9 Å². The topological polar surface area (TPSA) is 308 Å². The Labute approximate surface area is 557 Å². The maximum Gasteiger partial charge on any atom is 0.246 e. The largest absolute Gasteiger partial charge is 0.497 e. The number of nitrogens with one attached hydrogen (secondary N) is 7. The molecular weight excluding hydrogens is 1230 g/mol. The molecule has 24 nitrogen and oxygen atoms in total. The van der Waals surface area contributed by atoms with E-state index in [1.807, 2.05) is 28.8 Å². The lowest BCUT2D eigenvalue weighted by Crippen LogP contribution is -2.64. The predicted molar refractivity (Wildman–Crippen MR) is 351 cm³/mol. The van der Waals surface area contributed by atoms with Gasteiger partial charge in [-0.2, -0.15) is 0 Å². The summed E-state index contributed by atoms with van der Waals surface area (Å²) in [5.74, 6) is -6.73. The molecule has 0 radical (unpaired) electrons. The molecule has 7 heterocycles. The monoisotopic (exact) mass is 1320 g/mol. The first kappa shape index (κ1) is 69.6. The molecule has 0 saturated carbocycles. The number of carbonyl (C=O) groups excluding carboxylic acids is 10. The minimum Gasteiger partial charge on any atom is -0.497 e. The minimum atomic E-state index is -1.80. The molecule has 10 amide bonds. The molecule has 512 valence electrons. The van der Waals surface area contributed by atoms with Gasteiger partial charge in [0.15, 0.2) is 0 Å². The summed E-state index contributed by atoms with van der Waals surface area (Å²) < 4.78 is 29.2. The minimum absolute atomic E-state index is 0.00740. The molecule has 4 aromatic carbocycles. The summed E-state index contributed by atoms with van der Waals surface area (Å²) in [7, 11) is 1.50. The smallest absolute Gasteiger partial charge is 0.246 e. The number of aromatic nitrogens is 1. The van der Waals surface area contributed by atoms with Crippen LogP contribution in [0.4, 0.5) is 4.39 Å². The van der Waals surface area contributed by atoms with Crippen molar-refractivity contribution < 1.29 is 66.9 Å². The Bertz CT molecular complexity index is 3690. The van der Waals surface area contributed by atoms with Gasteiger partial charge in [-0.3, -0.25) is 47.9 Å². The van der Waals surface area contributed by atoms with Crippen LogP contribution in [0, 0.1) is 5.82 Å². The van der Waals surface area contributed by atoms with Crippen LogP contribution in [0.1, 0.15) is 118 Å². The number of aryl methyl sites for hydroxylation is 1. The number of benzene rings is 4. The van der Waals surface area contributed by atoms with E-state index in [-0.39, 0.29) is 83.6 Å². The van der Waals surface area contributed by atoms with Crippen LogP contribution in [0.25, 0.3) is 10.9 Å². The third-order valence-corrected chi connectivity index (χ3v) is 19.1. The SMILES string of the molecule is COc1ccc(C[C@@H]2NC(=O)[C@H]([C@@H](C)O)NC(=O)[C@@H]3[C@@H]4CCN3C(=O)[C@@H]3Cc5cn(c6ccc(F)cc56)CCCCCCN(Cc5ccc(cc5)CCNC(=O)[C@]5(C)CCCN5C2=O)C(=O)CCCC(=O)N[C@H](C)C(=O)N[C@@H](Cc2cccc(c2)CNC(=O)CO4)C(=O)N3)cc1. The Morgan fingerprint density at radius 3 is 2.18 bits per heavy atom. The van der Waals surface area contributed by atoms with Crippen molar-refractivity contribution >= 4 is 70.0 Å². The first-order valence-corrected chi connectivity index (χ1v) is 33.5. The molecule has 0 unspecified atom stereocenters. The maximum absolute atomic E-state index is 15.9. The van der Waals surface area contributed by atoms with Crippen LogP contribution < -0.4 is 42.0 Å². The molecule has 6 aliphatic rings. The van der Waals surface area contributed by atoms with Gasteiger partial charge in [-0.1, -0.05) is 73.5 Å². The highest BCUT2D eigenvalue weighted by molar-refractivity contribution is 5.99. The van der Waals surface area contributed by atoms with Gasteiger partial charge in [-0.25, -0.2) is 4.39 Å². The van der Waals surface area contributed by atoms with Crippen molar-refractivity contribution in [3.05, 3.63) is 136 Å². The van der Waals surface area contributed by atoms with Gasteiger partial charge >= 0.3 is 0 Å². The fraction of sp³-hybridized carbons (Fsp3) is 0.493. The standard InChI is InChI=1S/C71H88FN11O13/c1-43-64(88)76-54-36-48-12-9-13-49(34-48)39-74-60(86)42-96-58-27-33-82-63(58)67(91)79-62(44(2)84)66(90)78-55(35-46-20-23-52(95-4)24-21-46)69(93)83-32-11-28-71(83,3)70(94)73-29-26-45-16-18-47(19-17-45)40-81(61(87)15-10-14-59(85)75-43)31-8-6-5-7-30-80-41-50(37-56(68(82)92)77-65(54)89)53-38-51(72)22-25-57(53)80/h9,12-13,16-25,34,38,41,43-44,54-56,58,62-63,84H,5-8,10-11,14-15,26-33,35-37,39-40,42H2,1-4H3,(H,73,94)(H,74,86)(H,75,85)(H,76,88)(H,77,89)(H,78,90)(H,79,91)/t43-,44-,54+,55+,56+,58+,62+,63+,71+/m1/s1. The molecule has 0 aliphatic carbocycles. The Morgan fingerprint density at radius 1 is 0.677 bits per heavy atom. The van der Waals surface area contributed by atoms with Gasteiger partial charge in [0.05, 0.1) is 19.3 Å². The lowest BCUT2D eigenvalue weighted by molar-refractivity contribution is -0.148. The van der Waals surface area contributed by atoms with Crippen molar-refractivity contribution in [1.82, 2.24) is 56.5 Å². The zero-order valence-electron chi connectivity index (χ0n) is 54.9. The highest BCUT2D eigenvalue weighted by Gasteiger charge is 2.49. The van der Waals surface area contributed by atoms with Crippen LogP contribution in [0.2, 0.25) is 0 Å². The van der Waals surface area contributed by atoms with Gasteiger partial charge in [0.1, 0.15) is 60.0 Å². The molecule has 11 rings (SSSR count). The van der Waals surface area contributed by atoms with Crippen molar-refractivity contribution in [1.29, 1.82) is 0 Å². The molecule has 8 N–H and O–H groups in total. The summed E-state index contributed by atoms with van der Waals surface area (Å²) in [5, 5.41) is 31.7. The average Bonchev–Trinajstić information content (AvgIpc) is 1.61. The van der Waals surface area contributed by atoms with E-state index < -0.39 is 120 Å². The van der Waals surface area contributed by atoms with E-state index in [2.05, 4.69) is 37.2 Å². The number of methoxy groups -OCH3 is 1. The molecule has 96 heavy (non-hydrogen) atoms. The summed E-state index contributed by atoms with van der Waals surface area (Å²) in [4.78, 5) is 151. The number of hydrogen-bond acceptors (Lipinski definition) is 13. The first-order chi connectivity index (χ1) is 46.1. The Kier molecular flexibility index (Phi) is 22.9. The molecule has 2 fully saturated rings. The zero-order valence-corrected chi connectivity index (χ0v) is 54.9. The second kappa shape index (κ2) is 31.5. The Hall–Kier alpha value is -9.23. The Morgan fingerprint density at radius 2 is 1.42 bits per heavy atom. The normalized spacial score (nSPS) is 26.0. The number of halogens is 1. The van der Waals surface area contributed by atoms with Crippen LogP contribution in [-0.4, -0.2) is 177 Å². The Balaban J connectivity index is 1.07. The first-order valence-electron chi connectivity index (χ1n) is 33.5. The third-order valence-electron chi connectivity index (χ3n) is 19.1. The third kappa shape index (κ3) is 17.1. The van der Waals surface area contributed by atoms with Gasteiger partial charge in [0.2, 0.25) is 59.1 Å². The molecule has 2 saturated heterocycles. The van der Waals surface area contributed by atoms with E-state index >= 15 is 23.6 Å². The van der Waals surface area contributed by atoms with Gasteiger partial charge in [0.25, 0.3) is 0 Å². The van der Waals surface area contributed by atoms with E-state index in [0.29, 0.717) is 84.1 Å². The number of hydrogen-bond donors (Lipinski definition) is 8. The molecule has 5 aromatic rings. The number of ether oxygens (including phenoxy) is 2. The van der Waals surface area contributed by atoms with Crippen molar-refractivity contribution in [2.24, 2.45) is 0 Å². The second-order valence-electron chi connectivity index (χ2n) is 26.2. The number of aliphatic hydroxyl groups excluding tert-OH is 1. The summed E-state index contributed by atoms with van der Waals surface area (Å²) >= 11 is 0. The quantitative estimate of drug-likeness (QED) is 0.129. The van der Waals surface area contributed by atoms with Gasteiger partial charge in [0, 0.05) is 95.0 Å². The molecular formula is C71H88FN11O13. The maximum atomic E-state index is 15.9. The summed E-state index contributed by atoms with van der Waals surface area (Å²) in [6, 6.07) is 16.8. The molecule has 1 aromatic heterocycles. The van der Waals surface area contributed by atoms with Crippen LogP contribution in [0.5, 0.6) is 5.75 Å². The highest BCUT2D eigenvalue weighted by Crippen LogP contribution is 2.32. The summed E-state index contributed by atoms with van der Waals surface area (Å²) in [6.07, 6.45) is 2.45. The fourth-order valence-corrected chi connectivity index (χ4v) is 13.7. The predicted octanol–water partition coefficient (Wildman–Crippen LogP) is 3.08. The van der Waals surface area contributed by atoms with Crippen LogP contribution in [0.3, 0.4) is 0 Å². The molecule has 9 atom stereocenters. The van der Waals surface area contributed by atoms with Crippen LogP contribution in [0.15, 0.2) is 97.2 Å². The number of fused-ring (bicyclic) bond motifs is 16. The number of amides is 10. The molecule has 6 aliphatic heterocycles. The van der Waals surface area contributed by atoms with E-state index in [0.717, 1.165) is 24.0 Å². The molecule has 25 heteroatoms. The number of rotatable bonds is 4. The van der Waals surface area contributed by atoms with Gasteiger partial charge in [-0.15, -0.1) is 0 Å². The summed E-state index contributed by atoms with van der Waals surface area (Å²) in [5.41, 5.74) is 3.24.